The molecular formula is C84H89N. The van der Waals surface area contributed by atoms with Gasteiger partial charge in [0.15, 0.2) is 0 Å². The summed E-state index contributed by atoms with van der Waals surface area (Å²) >= 11 is 0. The van der Waals surface area contributed by atoms with Crippen molar-refractivity contribution >= 4 is 21.8 Å². The number of hydrogen-bond acceptors (Lipinski definition) is 0. The Kier molecular flexibility index (Phi) is 14.9. The molecule has 0 saturated carbocycles. The number of rotatable bonds is 8. The summed E-state index contributed by atoms with van der Waals surface area (Å²) in [7, 11) is 0. The van der Waals surface area contributed by atoms with Gasteiger partial charge in [0.1, 0.15) is 0 Å². The fourth-order valence-corrected chi connectivity index (χ4v) is 13.0. The van der Waals surface area contributed by atoms with Crippen molar-refractivity contribution in [1.82, 2.24) is 4.57 Å². The zero-order chi connectivity index (χ0) is 60.8. The predicted molar refractivity (Wildman–Crippen MR) is 371 cm³/mol. The molecule has 0 radical (unpaired) electrons. The molecule has 1 heterocycles. The molecule has 0 bridgehead atoms. The lowest BCUT2D eigenvalue weighted by molar-refractivity contribution is 0.569. The molecule has 1 aromatic heterocycles. The van der Waals surface area contributed by atoms with Crippen molar-refractivity contribution in [3.63, 3.8) is 0 Å². The minimum atomic E-state index is -0.0561. The van der Waals surface area contributed by atoms with Crippen LogP contribution in [0.25, 0.3) is 105 Å². The van der Waals surface area contributed by atoms with E-state index in [0.29, 0.717) is 0 Å². The van der Waals surface area contributed by atoms with Gasteiger partial charge in [-0.25, -0.2) is 0 Å². The van der Waals surface area contributed by atoms with Crippen LogP contribution in [0.2, 0.25) is 0 Å². The lowest BCUT2D eigenvalue weighted by Crippen LogP contribution is -2.16. The molecule has 0 aliphatic carbocycles. The lowest BCUT2D eigenvalue weighted by atomic mass is 9.79. The van der Waals surface area contributed by atoms with Gasteiger partial charge >= 0.3 is 0 Å². The average Bonchev–Trinajstić information content (AvgIpc) is 1.86. The molecule has 11 rings (SSSR count). The SMILES string of the molecule is CC(C)(C)c1cc(-c2ccccc2-n2c3ccc(-c4cc(-c5ccccc5C(C)(C)C)cc(-c5ccccc5C(C)(C)C)c4)cc3c3cc(-c4cc(-c5ccccc5C(C)(C)C)cc(-c5ccccc5C(C)(C)C)c4)ccc32)cc(C(C)(C)C)c1. The van der Waals surface area contributed by atoms with Crippen LogP contribution in [0, 0.1) is 0 Å². The third kappa shape index (κ3) is 11.7. The number of hydrogen-bond donors (Lipinski definition) is 0. The Labute approximate surface area is 509 Å². The van der Waals surface area contributed by atoms with Crippen LogP contribution in [0.1, 0.15) is 158 Å². The minimum absolute atomic E-state index is 0.0355. The number of benzene rings is 10. The maximum Gasteiger partial charge on any atom is 0.0541 e. The second-order valence-electron chi connectivity index (χ2n) is 30.4. The topological polar surface area (TPSA) is 4.93 Å². The maximum absolute atomic E-state index is 2.55. The smallest absolute Gasteiger partial charge is 0.0541 e. The molecule has 0 unspecified atom stereocenters. The van der Waals surface area contributed by atoms with Gasteiger partial charge in [0, 0.05) is 16.3 Å². The van der Waals surface area contributed by atoms with E-state index in [1.54, 1.807) is 0 Å². The van der Waals surface area contributed by atoms with E-state index in [1.165, 1.54) is 133 Å². The van der Waals surface area contributed by atoms with Gasteiger partial charge in [-0.15, -0.1) is 0 Å². The Morgan fingerprint density at radius 2 is 0.482 bits per heavy atom. The molecule has 0 saturated heterocycles. The van der Waals surface area contributed by atoms with Crippen molar-refractivity contribution in [2.75, 3.05) is 0 Å². The molecule has 1 heteroatoms. The Bertz CT molecular complexity index is 3930. The fraction of sp³-hybridized carbons (Fsp3) is 0.286. The van der Waals surface area contributed by atoms with Crippen LogP contribution in [-0.4, -0.2) is 4.57 Å². The van der Waals surface area contributed by atoms with Crippen LogP contribution in [0.5, 0.6) is 0 Å². The van der Waals surface area contributed by atoms with Crippen LogP contribution in [0.15, 0.2) is 212 Å². The van der Waals surface area contributed by atoms with Gasteiger partial charge in [0.2, 0.25) is 0 Å². The third-order valence-electron chi connectivity index (χ3n) is 17.6. The molecule has 0 spiro atoms. The van der Waals surface area contributed by atoms with E-state index in [2.05, 4.69) is 342 Å². The molecule has 11 aromatic rings. The van der Waals surface area contributed by atoms with E-state index in [4.69, 9.17) is 0 Å². The lowest BCUT2D eigenvalue weighted by Gasteiger charge is -2.27. The summed E-state index contributed by atoms with van der Waals surface area (Å²) in [6, 6.07) is 81.7. The van der Waals surface area contributed by atoms with Gasteiger partial charge in [0.05, 0.1) is 16.7 Å². The first-order valence-corrected chi connectivity index (χ1v) is 31.0. The van der Waals surface area contributed by atoms with Crippen LogP contribution < -0.4 is 0 Å². The van der Waals surface area contributed by atoms with Gasteiger partial charge in [-0.1, -0.05) is 270 Å². The summed E-state index contributed by atoms with van der Waals surface area (Å²) < 4.78 is 2.55. The van der Waals surface area contributed by atoms with Crippen molar-refractivity contribution in [3.8, 4) is 83.6 Å². The molecule has 10 aromatic carbocycles. The summed E-state index contributed by atoms with van der Waals surface area (Å²) in [5.41, 5.74) is 28.5. The second-order valence-corrected chi connectivity index (χ2v) is 30.4. The number of aromatic nitrogens is 1. The molecule has 0 aliphatic rings. The highest BCUT2D eigenvalue weighted by atomic mass is 15.0. The predicted octanol–water partition coefficient (Wildman–Crippen LogP) is 24.2. The molecule has 1 nitrogen and oxygen atoms in total. The molecular weight excluding hydrogens is 1020 g/mol. The second kappa shape index (κ2) is 21.5. The zero-order valence-corrected chi connectivity index (χ0v) is 54.2. The van der Waals surface area contributed by atoms with E-state index in [-0.39, 0.29) is 32.5 Å². The Hall–Kier alpha value is -8.00. The van der Waals surface area contributed by atoms with Crippen molar-refractivity contribution in [3.05, 3.63) is 246 Å². The van der Waals surface area contributed by atoms with Crippen molar-refractivity contribution in [2.24, 2.45) is 0 Å². The fourth-order valence-electron chi connectivity index (χ4n) is 13.0. The average molecular weight is 1110 g/mol. The monoisotopic (exact) mass is 1110 g/mol. The molecule has 0 N–H and O–H groups in total. The van der Waals surface area contributed by atoms with Crippen LogP contribution >= 0.6 is 0 Å². The van der Waals surface area contributed by atoms with Gasteiger partial charge in [0.25, 0.3) is 0 Å². The Morgan fingerprint density at radius 3 is 0.788 bits per heavy atom. The third-order valence-corrected chi connectivity index (χ3v) is 17.6. The van der Waals surface area contributed by atoms with E-state index < -0.39 is 0 Å². The Balaban J connectivity index is 1.22. The molecule has 0 aliphatic heterocycles. The van der Waals surface area contributed by atoms with Crippen molar-refractivity contribution in [1.29, 1.82) is 0 Å². The highest BCUT2D eigenvalue weighted by Gasteiger charge is 2.27. The van der Waals surface area contributed by atoms with Crippen molar-refractivity contribution < 1.29 is 0 Å². The first-order valence-electron chi connectivity index (χ1n) is 31.0. The van der Waals surface area contributed by atoms with E-state index in [0.717, 1.165) is 5.69 Å². The standard InChI is InChI=1S/C84H89N/c1-79(2,3)63-49-62(50-64(53-63)80(4,5)6)69-33-23-28-38-76(69)85-77-41-39-54(56-43-58(65-29-19-24-34-72(65)81(7,8)9)47-59(44-56)66-30-20-25-35-73(66)82(10,11)12)51-70(77)71-52-55(40-42-78(71)85)57-45-60(67-31-21-26-36-74(67)83(13,14)15)48-61(46-57)68-32-22-27-37-75(68)84(16,17)18/h19-53H,1-18H3. The van der Waals surface area contributed by atoms with Gasteiger partial charge in [-0.3, -0.25) is 0 Å². The van der Waals surface area contributed by atoms with Crippen LogP contribution in [0.4, 0.5) is 0 Å². The van der Waals surface area contributed by atoms with Gasteiger partial charge in [-0.05, 0) is 205 Å². The minimum Gasteiger partial charge on any atom is -0.309 e. The van der Waals surface area contributed by atoms with Crippen LogP contribution in [-0.2, 0) is 32.5 Å². The summed E-state index contributed by atoms with van der Waals surface area (Å²) in [6.45, 7) is 42.0. The summed E-state index contributed by atoms with van der Waals surface area (Å²) in [5, 5.41) is 2.43. The van der Waals surface area contributed by atoms with Gasteiger partial charge < -0.3 is 4.57 Å². The number of fused-ring (bicyclic) bond motifs is 3. The Morgan fingerprint density at radius 1 is 0.212 bits per heavy atom. The van der Waals surface area contributed by atoms with Gasteiger partial charge in [-0.2, -0.15) is 0 Å². The first kappa shape index (κ1) is 58.8. The van der Waals surface area contributed by atoms with E-state index >= 15 is 0 Å². The molecule has 85 heavy (non-hydrogen) atoms. The number of para-hydroxylation sites is 1. The quantitative estimate of drug-likeness (QED) is 0.143. The largest absolute Gasteiger partial charge is 0.309 e. The molecule has 0 fully saturated rings. The van der Waals surface area contributed by atoms with E-state index in [1.807, 2.05) is 0 Å². The molecule has 430 valence electrons. The normalized spacial score (nSPS) is 12.8. The first-order chi connectivity index (χ1) is 39.9. The van der Waals surface area contributed by atoms with Crippen molar-refractivity contribution in [2.45, 2.75) is 157 Å². The van der Waals surface area contributed by atoms with Crippen LogP contribution in [0.3, 0.4) is 0 Å². The zero-order valence-electron chi connectivity index (χ0n) is 54.2. The molecule has 0 amide bonds. The maximum atomic E-state index is 2.55. The summed E-state index contributed by atoms with van der Waals surface area (Å²) in [6.07, 6.45) is 0. The van der Waals surface area contributed by atoms with E-state index in [9.17, 15) is 0 Å². The highest BCUT2D eigenvalue weighted by Crippen LogP contribution is 2.46. The molecule has 0 atom stereocenters. The number of nitrogens with zero attached hydrogens (tertiary/aromatic N) is 1. The summed E-state index contributed by atoms with van der Waals surface area (Å²) in [5.74, 6) is 0. The highest BCUT2D eigenvalue weighted by molar-refractivity contribution is 6.12. The summed E-state index contributed by atoms with van der Waals surface area (Å²) in [4.78, 5) is 0.